The van der Waals surface area contributed by atoms with Gasteiger partial charge in [0.1, 0.15) is 63.5 Å². The van der Waals surface area contributed by atoms with Crippen LogP contribution in [0.1, 0.15) is 73.4 Å². The fourth-order valence-electron chi connectivity index (χ4n) is 17.2. The molecule has 12 aromatic rings. The van der Waals surface area contributed by atoms with Gasteiger partial charge in [-0.25, -0.2) is 43.1 Å². The second-order valence-corrected chi connectivity index (χ2v) is 29.3. The quantitative estimate of drug-likeness (QED) is 0.0474. The second kappa shape index (κ2) is 28.0. The van der Waals surface area contributed by atoms with E-state index in [1.807, 2.05) is 86.1 Å². The first-order chi connectivity index (χ1) is 53.3. The van der Waals surface area contributed by atoms with Gasteiger partial charge in [-0.05, 0) is 134 Å². The van der Waals surface area contributed by atoms with E-state index in [1.54, 1.807) is 37.2 Å². The molecule has 21 rings (SSSR count). The van der Waals surface area contributed by atoms with Gasteiger partial charge in [0.25, 0.3) is 17.7 Å². The minimum absolute atomic E-state index is 0.125. The van der Waals surface area contributed by atoms with Crippen LogP contribution in [0.3, 0.4) is 0 Å². The van der Waals surface area contributed by atoms with Crippen molar-refractivity contribution in [2.45, 2.75) is 69.5 Å². The maximum atomic E-state index is 13.7. The molecule has 8 aliphatic heterocycles. The predicted octanol–water partition coefficient (Wildman–Crippen LogP) is 10.5. The van der Waals surface area contributed by atoms with Gasteiger partial charge in [-0.3, -0.25) is 27.6 Å². The van der Waals surface area contributed by atoms with Gasteiger partial charge in [0.05, 0.1) is 94.0 Å². The molecule has 0 radical (unpaired) electrons. The van der Waals surface area contributed by atoms with Crippen LogP contribution in [0.15, 0.2) is 165 Å². The van der Waals surface area contributed by atoms with Crippen molar-refractivity contribution < 1.29 is 32.3 Å². The van der Waals surface area contributed by atoms with Crippen LogP contribution in [-0.2, 0) is 24.4 Å². The van der Waals surface area contributed by atoms with Gasteiger partial charge >= 0.3 is 0 Å². The molecule has 0 unspecified atom stereocenters. The largest absolute Gasteiger partial charge is 0.373 e. The van der Waals surface area contributed by atoms with E-state index in [-0.39, 0.29) is 41.3 Å². The summed E-state index contributed by atoms with van der Waals surface area (Å²) in [6.45, 7) is 10.8. The molecule has 9 aromatic heterocycles. The number of carbonyl (C=O) groups is 3. The highest BCUT2D eigenvalue weighted by Crippen LogP contribution is 2.41. The molecule has 552 valence electrons. The fraction of sp³-hybridized carbons (Fsp3) is 0.296. The Hall–Kier alpha value is -12.0. The van der Waals surface area contributed by atoms with E-state index in [9.17, 15) is 27.6 Å². The van der Waals surface area contributed by atoms with Gasteiger partial charge in [-0.1, -0.05) is 30.3 Å². The van der Waals surface area contributed by atoms with E-state index < -0.39 is 0 Å². The van der Waals surface area contributed by atoms with Crippen molar-refractivity contribution in [1.29, 1.82) is 0 Å². The van der Waals surface area contributed by atoms with E-state index in [4.69, 9.17) is 14.7 Å². The van der Waals surface area contributed by atoms with Gasteiger partial charge in [0, 0.05) is 150 Å². The fourth-order valence-corrected chi connectivity index (χ4v) is 17.2. The molecule has 0 spiro atoms. The number of pyridine rings is 6. The molecule has 3 amide bonds. The lowest BCUT2D eigenvalue weighted by Crippen LogP contribution is -2.47. The average molecular weight is 1470 g/mol. The number of halogens is 3. The number of hydrogen-bond donors (Lipinski definition) is 8. The Morgan fingerprint density at radius 1 is 0.495 bits per heavy atom. The summed E-state index contributed by atoms with van der Waals surface area (Å²) < 4.78 is 52.5. The number of morpholine rings is 1. The first-order valence-electron chi connectivity index (χ1n) is 37.3. The number of carbonyl (C=O) groups excluding carboxylic acids is 3. The van der Waals surface area contributed by atoms with Gasteiger partial charge in [0.2, 0.25) is 0 Å². The van der Waals surface area contributed by atoms with Gasteiger partial charge < -0.3 is 66.9 Å². The van der Waals surface area contributed by atoms with Crippen LogP contribution in [0.5, 0.6) is 0 Å². The Bertz CT molecular complexity index is 5370. The Morgan fingerprint density at radius 3 is 1.38 bits per heavy atom. The van der Waals surface area contributed by atoms with Crippen LogP contribution < -0.4 is 57.2 Å². The van der Waals surface area contributed by atoms with Crippen LogP contribution >= 0.6 is 0 Å². The Morgan fingerprint density at radius 2 is 0.945 bits per heavy atom. The van der Waals surface area contributed by atoms with Gasteiger partial charge in [-0.15, -0.1) is 0 Å². The van der Waals surface area contributed by atoms with Crippen LogP contribution in [0, 0.1) is 29.3 Å². The summed E-state index contributed by atoms with van der Waals surface area (Å²) in [6, 6.07) is 37.7. The van der Waals surface area contributed by atoms with E-state index in [0.29, 0.717) is 118 Å². The number of fused-ring (bicyclic) bond motifs is 8. The first-order valence-corrected chi connectivity index (χ1v) is 37.3. The summed E-state index contributed by atoms with van der Waals surface area (Å²) in [5, 5.41) is 25.9. The molecular formula is C81H78F3N21O4. The monoisotopic (exact) mass is 1470 g/mol. The Kier molecular flexibility index (Phi) is 17.4. The van der Waals surface area contributed by atoms with Crippen molar-refractivity contribution in [3.63, 3.8) is 0 Å². The number of rotatable bonds is 15. The molecule has 1 aliphatic carbocycles. The normalized spacial score (nSPS) is 20.2. The molecule has 28 heteroatoms. The second-order valence-electron chi connectivity index (χ2n) is 29.3. The molecule has 8 N–H and O–H groups in total. The number of imidazole rings is 3. The summed E-state index contributed by atoms with van der Waals surface area (Å²) in [6.07, 6.45) is 17.1. The standard InChI is InChI=1S/C29H30FN7O2.2C26H24FN7O/c1-35(19-2-3-19)16-21-17-36(10-11-39-21)20-4-7-26(31-13-20)34-24-6-5-22(23-14-33-29(38)28(23)24)25-15-32-27-12-18(30)8-9-37(25)27;2*27-16-7-9-34-21(14-29-24(34)10-16)17-4-5-19(25-18(17)12-30-26(25)35)31-22-2-1-3-23(32-22)33-8-6-15-11-28-13-20(15)33/h4-9,12-13,15,19,21H,2-3,10-11,14,16-17H2,1H3,(H,31,34)(H,33,38);2*1-5,7,9-10,14-15,20,28H,6,8,11-13H2,(H,30,35)(H,31,32)/t21-;2*15-,20+/m010/s1. The molecule has 3 aromatic carbocycles. The maximum absolute atomic E-state index is 13.7. The zero-order chi connectivity index (χ0) is 73.5. The van der Waals surface area contributed by atoms with Crippen LogP contribution in [0.25, 0.3) is 50.7 Å². The molecule has 6 fully saturated rings. The zero-order valence-electron chi connectivity index (χ0n) is 59.7. The van der Waals surface area contributed by atoms with Crippen molar-refractivity contribution in [3.8, 4) is 33.8 Å². The maximum Gasteiger partial charge on any atom is 0.254 e. The van der Waals surface area contributed by atoms with Crippen molar-refractivity contribution >= 4 is 86.5 Å². The highest BCUT2D eigenvalue weighted by atomic mass is 19.1. The van der Waals surface area contributed by atoms with Crippen molar-refractivity contribution in [2.75, 3.05) is 103 Å². The SMILES string of the molecule is CN(C[C@H]1CN(c2ccc(Nc3ccc(-c4cnc5cc(F)ccn45)c4c3C(=O)NC4)nc2)CCO1)C1CC1.O=C1NCc2c(-c3cnc4cc(F)ccn34)ccc(Nc3cccc(N4CC[C@@H]5CNC[C@@H]54)n3)c21.O=C1NCc2c(-c3cnc4cc(F)ccn34)ccc(Nc3cccc(N4CC[C@H]5CNC[C@H]54)n3)c21. The summed E-state index contributed by atoms with van der Waals surface area (Å²) >= 11 is 0. The number of anilines is 9. The summed E-state index contributed by atoms with van der Waals surface area (Å²) in [7, 11) is 2.18. The van der Waals surface area contributed by atoms with Crippen LogP contribution in [0.2, 0.25) is 0 Å². The molecule has 5 atom stereocenters. The number of ether oxygens (including phenoxy) is 1. The number of hydrogen-bond acceptors (Lipinski definition) is 19. The third-order valence-electron chi connectivity index (χ3n) is 22.8. The molecule has 9 aliphatic rings. The first kappa shape index (κ1) is 67.6. The van der Waals surface area contributed by atoms with E-state index in [1.165, 1.54) is 62.1 Å². The Balaban J connectivity index is 0.000000111. The number of nitrogens with one attached hydrogen (secondary N) is 8. The molecule has 109 heavy (non-hydrogen) atoms. The predicted molar refractivity (Wildman–Crippen MR) is 410 cm³/mol. The molecule has 25 nitrogen and oxygen atoms in total. The molecule has 17 heterocycles. The minimum Gasteiger partial charge on any atom is -0.373 e. The van der Waals surface area contributed by atoms with E-state index in [2.05, 4.69) is 107 Å². The van der Waals surface area contributed by atoms with Crippen molar-refractivity contribution in [2.24, 2.45) is 11.8 Å². The van der Waals surface area contributed by atoms with E-state index in [0.717, 1.165) is 133 Å². The smallest absolute Gasteiger partial charge is 0.254 e. The van der Waals surface area contributed by atoms with Gasteiger partial charge in [-0.2, -0.15) is 0 Å². The molecule has 5 saturated heterocycles. The average Bonchev–Trinajstić information content (AvgIpc) is 1.63. The van der Waals surface area contributed by atoms with Gasteiger partial charge in [0.15, 0.2) is 0 Å². The summed E-state index contributed by atoms with van der Waals surface area (Å²) in [4.78, 5) is 75.5. The van der Waals surface area contributed by atoms with Crippen LogP contribution in [-0.4, -0.2) is 163 Å². The third-order valence-corrected chi connectivity index (χ3v) is 22.8. The lowest BCUT2D eigenvalue weighted by Gasteiger charge is -2.36. The highest BCUT2D eigenvalue weighted by molar-refractivity contribution is 6.08. The molecule has 0 bridgehead atoms. The number of aromatic nitrogens is 9. The number of amides is 3. The lowest BCUT2D eigenvalue weighted by atomic mass is 9.99. The molecular weight excluding hydrogens is 1390 g/mol. The van der Waals surface area contributed by atoms with Crippen molar-refractivity contribution in [1.82, 2.24) is 74.6 Å². The van der Waals surface area contributed by atoms with Crippen LogP contribution in [0.4, 0.5) is 65.0 Å². The minimum atomic E-state index is -0.339. The summed E-state index contributed by atoms with van der Waals surface area (Å²) in [5.41, 5.74) is 14.3. The topological polar surface area (TPSA) is 260 Å². The number of likely N-dealkylation sites (N-methyl/N-ethyl adjacent to an activating group) is 1. The zero-order valence-corrected chi connectivity index (χ0v) is 59.7. The summed E-state index contributed by atoms with van der Waals surface area (Å²) in [5.74, 6) is 3.97. The lowest BCUT2D eigenvalue weighted by molar-refractivity contribution is 0.0192. The van der Waals surface area contributed by atoms with Crippen molar-refractivity contribution in [3.05, 3.63) is 216 Å². The van der Waals surface area contributed by atoms with E-state index >= 15 is 0 Å². The highest BCUT2D eigenvalue weighted by Gasteiger charge is 2.41. The number of benzene rings is 3. The Labute approximate surface area is 624 Å². The number of nitrogens with zero attached hydrogens (tertiary/aromatic N) is 13. The third kappa shape index (κ3) is 12.8. The molecule has 1 saturated carbocycles.